The zero-order valence-corrected chi connectivity index (χ0v) is 11.1. The molecule has 0 heterocycles. The summed E-state index contributed by atoms with van der Waals surface area (Å²) in [5.74, 6) is 1.71. The lowest BCUT2D eigenvalue weighted by molar-refractivity contribution is 0.291. The van der Waals surface area contributed by atoms with Crippen LogP contribution < -0.4 is 5.32 Å². The van der Waals surface area contributed by atoms with E-state index in [1.165, 1.54) is 38.6 Å². The molecule has 0 radical (unpaired) electrons. The van der Waals surface area contributed by atoms with E-state index >= 15 is 0 Å². The van der Waals surface area contributed by atoms with Crippen molar-refractivity contribution in [2.45, 2.75) is 52.4 Å². The summed E-state index contributed by atoms with van der Waals surface area (Å²) < 4.78 is 0. The molecule has 1 aliphatic rings. The van der Waals surface area contributed by atoms with E-state index in [9.17, 15) is 0 Å². The topological polar surface area (TPSA) is 12.0 Å². The Bertz CT molecular complexity index is 162. The lowest BCUT2D eigenvalue weighted by Gasteiger charge is -2.27. The SMILES string of the molecule is CC(C)(CCCl)CNCC1CCCCC1. The van der Waals surface area contributed by atoms with Gasteiger partial charge in [0.15, 0.2) is 0 Å². The Labute approximate surface area is 100.0 Å². The molecule has 1 nitrogen and oxygen atoms in total. The Balaban J connectivity index is 2.09. The van der Waals surface area contributed by atoms with Crippen LogP contribution in [0.1, 0.15) is 52.4 Å². The standard InChI is InChI=1S/C13H26ClN/c1-13(2,8-9-14)11-15-10-12-6-4-3-5-7-12/h12,15H,3-11H2,1-2H3. The van der Waals surface area contributed by atoms with Gasteiger partial charge in [-0.1, -0.05) is 33.1 Å². The van der Waals surface area contributed by atoms with Gasteiger partial charge in [0.05, 0.1) is 0 Å². The third-order valence-electron chi connectivity index (χ3n) is 3.53. The van der Waals surface area contributed by atoms with Crippen molar-refractivity contribution in [1.82, 2.24) is 5.32 Å². The first-order valence-electron chi connectivity index (χ1n) is 6.41. The van der Waals surface area contributed by atoms with Crippen molar-refractivity contribution in [2.24, 2.45) is 11.3 Å². The molecule has 1 N–H and O–H groups in total. The van der Waals surface area contributed by atoms with Gasteiger partial charge >= 0.3 is 0 Å². The molecule has 1 rings (SSSR count). The smallest absolute Gasteiger partial charge is 0.0229 e. The van der Waals surface area contributed by atoms with Crippen LogP contribution >= 0.6 is 11.6 Å². The van der Waals surface area contributed by atoms with Crippen molar-refractivity contribution in [3.05, 3.63) is 0 Å². The molecule has 0 aromatic heterocycles. The van der Waals surface area contributed by atoms with Crippen molar-refractivity contribution >= 4 is 11.6 Å². The fourth-order valence-electron chi connectivity index (χ4n) is 2.35. The minimum absolute atomic E-state index is 0.358. The molecule has 15 heavy (non-hydrogen) atoms. The summed E-state index contributed by atoms with van der Waals surface area (Å²) in [7, 11) is 0. The summed E-state index contributed by atoms with van der Waals surface area (Å²) in [5.41, 5.74) is 0.358. The maximum absolute atomic E-state index is 5.79. The third kappa shape index (κ3) is 5.77. The van der Waals surface area contributed by atoms with Crippen LogP contribution in [0, 0.1) is 11.3 Å². The van der Waals surface area contributed by atoms with Gasteiger partial charge in [-0.25, -0.2) is 0 Å². The molecule has 0 unspecified atom stereocenters. The van der Waals surface area contributed by atoms with E-state index in [-0.39, 0.29) is 0 Å². The first kappa shape index (κ1) is 13.3. The molecule has 0 amide bonds. The highest BCUT2D eigenvalue weighted by Crippen LogP contribution is 2.24. The molecule has 0 aromatic rings. The van der Waals surface area contributed by atoms with Gasteiger partial charge in [0.2, 0.25) is 0 Å². The summed E-state index contributed by atoms with van der Waals surface area (Å²) in [4.78, 5) is 0. The molecule has 0 aromatic carbocycles. The third-order valence-corrected chi connectivity index (χ3v) is 3.72. The van der Waals surface area contributed by atoms with Crippen molar-refractivity contribution < 1.29 is 0 Å². The van der Waals surface area contributed by atoms with Gasteiger partial charge in [0, 0.05) is 12.4 Å². The van der Waals surface area contributed by atoms with Crippen LogP contribution in [0.5, 0.6) is 0 Å². The summed E-state index contributed by atoms with van der Waals surface area (Å²) in [5, 5.41) is 3.62. The molecule has 1 saturated carbocycles. The fourth-order valence-corrected chi connectivity index (χ4v) is 2.86. The molecule has 0 bridgehead atoms. The second-order valence-corrected chi connectivity index (χ2v) is 6.12. The maximum atomic E-state index is 5.79. The number of nitrogens with one attached hydrogen (secondary N) is 1. The Kier molecular flexibility index (Phi) is 5.99. The monoisotopic (exact) mass is 231 g/mol. The van der Waals surface area contributed by atoms with Gasteiger partial charge in [0.1, 0.15) is 0 Å². The zero-order valence-electron chi connectivity index (χ0n) is 10.3. The average Bonchev–Trinajstić information content (AvgIpc) is 2.19. The average molecular weight is 232 g/mol. The van der Waals surface area contributed by atoms with E-state index in [4.69, 9.17) is 11.6 Å². The highest BCUT2D eigenvalue weighted by atomic mass is 35.5. The number of rotatable bonds is 6. The predicted octanol–water partition coefficient (Wildman–Crippen LogP) is 3.81. The second kappa shape index (κ2) is 6.75. The highest BCUT2D eigenvalue weighted by Gasteiger charge is 2.18. The van der Waals surface area contributed by atoms with Gasteiger partial charge < -0.3 is 5.32 Å². The molecular weight excluding hydrogens is 206 g/mol. The molecule has 0 spiro atoms. The summed E-state index contributed by atoms with van der Waals surface area (Å²) in [6, 6.07) is 0. The molecule has 1 fully saturated rings. The van der Waals surface area contributed by atoms with Crippen molar-refractivity contribution in [1.29, 1.82) is 0 Å². The van der Waals surface area contributed by atoms with Crippen LogP contribution in [0.15, 0.2) is 0 Å². The summed E-state index contributed by atoms with van der Waals surface area (Å²) in [6.07, 6.45) is 8.31. The number of halogens is 1. The van der Waals surface area contributed by atoms with E-state index in [0.29, 0.717) is 5.41 Å². The van der Waals surface area contributed by atoms with Gasteiger partial charge in [-0.3, -0.25) is 0 Å². The van der Waals surface area contributed by atoms with E-state index < -0.39 is 0 Å². The molecule has 0 saturated heterocycles. The van der Waals surface area contributed by atoms with E-state index in [1.807, 2.05) is 0 Å². The van der Waals surface area contributed by atoms with E-state index in [2.05, 4.69) is 19.2 Å². The van der Waals surface area contributed by atoms with Crippen molar-refractivity contribution in [3.8, 4) is 0 Å². The Morgan fingerprint density at radius 3 is 2.47 bits per heavy atom. The Morgan fingerprint density at radius 1 is 1.20 bits per heavy atom. The Hall–Kier alpha value is 0.250. The molecule has 0 aliphatic heterocycles. The van der Waals surface area contributed by atoms with Crippen LogP contribution in [0.2, 0.25) is 0 Å². The van der Waals surface area contributed by atoms with Crippen LogP contribution in [-0.4, -0.2) is 19.0 Å². The number of alkyl halides is 1. The Morgan fingerprint density at radius 2 is 1.87 bits per heavy atom. The van der Waals surface area contributed by atoms with Crippen molar-refractivity contribution in [3.63, 3.8) is 0 Å². The predicted molar refractivity (Wildman–Crippen MR) is 68.6 cm³/mol. The molecule has 2 heteroatoms. The first-order valence-corrected chi connectivity index (χ1v) is 6.94. The quantitative estimate of drug-likeness (QED) is 0.686. The summed E-state index contributed by atoms with van der Waals surface area (Å²) >= 11 is 5.79. The molecule has 90 valence electrons. The number of hydrogen-bond acceptors (Lipinski definition) is 1. The van der Waals surface area contributed by atoms with Gasteiger partial charge in [-0.15, -0.1) is 11.6 Å². The largest absolute Gasteiger partial charge is 0.316 e. The minimum Gasteiger partial charge on any atom is -0.316 e. The van der Waals surface area contributed by atoms with E-state index in [0.717, 1.165) is 24.8 Å². The zero-order chi connectivity index (χ0) is 11.1. The number of hydrogen-bond donors (Lipinski definition) is 1. The van der Waals surface area contributed by atoms with Crippen LogP contribution in [-0.2, 0) is 0 Å². The van der Waals surface area contributed by atoms with Gasteiger partial charge in [0.25, 0.3) is 0 Å². The lowest BCUT2D eigenvalue weighted by Crippen LogP contribution is -2.33. The molecule has 0 atom stereocenters. The first-order chi connectivity index (χ1) is 7.14. The maximum Gasteiger partial charge on any atom is 0.0229 e. The van der Waals surface area contributed by atoms with E-state index in [1.54, 1.807) is 0 Å². The summed E-state index contributed by atoms with van der Waals surface area (Å²) in [6.45, 7) is 6.91. The molecular formula is C13H26ClN. The van der Waals surface area contributed by atoms with Gasteiger partial charge in [-0.05, 0) is 37.1 Å². The normalized spacial score (nSPS) is 19.4. The van der Waals surface area contributed by atoms with Crippen LogP contribution in [0.4, 0.5) is 0 Å². The van der Waals surface area contributed by atoms with Crippen molar-refractivity contribution in [2.75, 3.05) is 19.0 Å². The highest BCUT2D eigenvalue weighted by molar-refractivity contribution is 6.17. The minimum atomic E-state index is 0.358. The lowest BCUT2D eigenvalue weighted by atomic mass is 9.87. The second-order valence-electron chi connectivity index (χ2n) is 5.74. The fraction of sp³-hybridized carbons (Fsp3) is 1.00. The van der Waals surface area contributed by atoms with Gasteiger partial charge in [-0.2, -0.15) is 0 Å². The van der Waals surface area contributed by atoms with Crippen LogP contribution in [0.3, 0.4) is 0 Å². The van der Waals surface area contributed by atoms with Crippen LogP contribution in [0.25, 0.3) is 0 Å². The molecule has 1 aliphatic carbocycles.